The number of rotatable bonds is 8. The standard InChI is InChI=1S/C22H31FN4S/c1-24-16-28-13-11-17-5-8-19(9-6-17)26-21-10-7-18(23)14-22(21)27-12-3-4-20(15-27)25-2/h5-6,8-9,11,13-14,20,24-26H,3-4,7,10,12,15-16H2,1-2H3/b13-11+. The van der Waals surface area contributed by atoms with Crippen LogP contribution in [-0.4, -0.2) is 44.0 Å². The zero-order valence-corrected chi connectivity index (χ0v) is 17.6. The predicted molar refractivity (Wildman–Crippen MR) is 120 cm³/mol. The molecule has 1 aromatic rings. The monoisotopic (exact) mass is 402 g/mol. The SMILES string of the molecule is CNCS/C=C/c1ccc(NC2=C(N3CCCC(NC)C3)C=C(F)CC2)cc1. The highest BCUT2D eigenvalue weighted by Gasteiger charge is 2.24. The third-order valence-corrected chi connectivity index (χ3v) is 5.96. The van der Waals surface area contributed by atoms with Crippen molar-refractivity contribution in [3.05, 3.63) is 58.5 Å². The lowest BCUT2D eigenvalue weighted by molar-refractivity contribution is 0.243. The molecule has 0 saturated carbocycles. The van der Waals surface area contributed by atoms with Crippen LogP contribution in [0.25, 0.3) is 6.08 Å². The highest BCUT2D eigenvalue weighted by atomic mass is 32.2. The lowest BCUT2D eigenvalue weighted by Gasteiger charge is -2.37. The molecule has 28 heavy (non-hydrogen) atoms. The minimum Gasteiger partial charge on any atom is -0.368 e. The third-order valence-electron chi connectivity index (χ3n) is 5.18. The number of allylic oxidation sites excluding steroid dienone is 3. The van der Waals surface area contributed by atoms with Gasteiger partial charge in [-0.3, -0.25) is 0 Å². The predicted octanol–water partition coefficient (Wildman–Crippen LogP) is 4.52. The third kappa shape index (κ3) is 5.87. The van der Waals surface area contributed by atoms with Gasteiger partial charge in [0.25, 0.3) is 0 Å². The number of nitrogens with zero attached hydrogens (tertiary/aromatic N) is 1. The Kier molecular flexibility index (Phi) is 8.01. The van der Waals surface area contributed by atoms with E-state index < -0.39 is 0 Å². The molecular formula is C22H31FN4S. The van der Waals surface area contributed by atoms with Gasteiger partial charge in [-0.2, -0.15) is 0 Å². The van der Waals surface area contributed by atoms with Gasteiger partial charge in [-0.25, -0.2) is 4.39 Å². The molecule has 2 aliphatic rings. The molecule has 0 radical (unpaired) electrons. The maximum atomic E-state index is 14.0. The van der Waals surface area contributed by atoms with Gasteiger partial charge in [-0.05, 0) is 68.6 Å². The van der Waals surface area contributed by atoms with Gasteiger partial charge in [0, 0.05) is 42.8 Å². The normalized spacial score (nSPS) is 20.6. The number of hydrogen-bond acceptors (Lipinski definition) is 5. The first-order valence-electron chi connectivity index (χ1n) is 10.0. The molecule has 0 spiro atoms. The molecule has 1 unspecified atom stereocenters. The van der Waals surface area contributed by atoms with Crippen LogP contribution < -0.4 is 16.0 Å². The molecule has 1 heterocycles. The summed E-state index contributed by atoms with van der Waals surface area (Å²) in [5.41, 5.74) is 4.35. The average Bonchev–Trinajstić information content (AvgIpc) is 2.73. The van der Waals surface area contributed by atoms with Crippen LogP contribution in [0.4, 0.5) is 10.1 Å². The zero-order chi connectivity index (χ0) is 19.8. The summed E-state index contributed by atoms with van der Waals surface area (Å²) in [5, 5.41) is 12.1. The summed E-state index contributed by atoms with van der Waals surface area (Å²) < 4.78 is 14.0. The van der Waals surface area contributed by atoms with E-state index in [1.807, 2.05) is 14.1 Å². The van der Waals surface area contributed by atoms with Gasteiger partial charge >= 0.3 is 0 Å². The number of hydrogen-bond donors (Lipinski definition) is 3. The summed E-state index contributed by atoms with van der Waals surface area (Å²) in [6, 6.07) is 8.86. The molecule has 0 bridgehead atoms. The van der Waals surface area contributed by atoms with Crippen molar-refractivity contribution in [1.29, 1.82) is 0 Å². The molecule has 1 aromatic carbocycles. The fourth-order valence-corrected chi connectivity index (χ4v) is 4.15. The fourth-order valence-electron chi connectivity index (χ4n) is 3.63. The van der Waals surface area contributed by atoms with Gasteiger partial charge in [0.05, 0.1) is 5.70 Å². The van der Waals surface area contributed by atoms with Crippen LogP contribution in [-0.2, 0) is 0 Å². The Morgan fingerprint density at radius 1 is 1.21 bits per heavy atom. The average molecular weight is 403 g/mol. The van der Waals surface area contributed by atoms with Crippen molar-refractivity contribution >= 4 is 23.5 Å². The molecule has 0 aromatic heterocycles. The van der Waals surface area contributed by atoms with Crippen LogP contribution in [0.1, 0.15) is 31.2 Å². The maximum Gasteiger partial charge on any atom is 0.102 e. The summed E-state index contributed by atoms with van der Waals surface area (Å²) in [5.74, 6) is 0.883. The second-order valence-electron chi connectivity index (χ2n) is 7.24. The maximum absolute atomic E-state index is 14.0. The molecule has 1 saturated heterocycles. The van der Waals surface area contributed by atoms with Crippen molar-refractivity contribution in [2.45, 2.75) is 31.7 Å². The summed E-state index contributed by atoms with van der Waals surface area (Å²) in [6.07, 6.45) is 7.32. The Balaban J connectivity index is 1.71. The molecule has 4 nitrogen and oxygen atoms in total. The lowest BCUT2D eigenvalue weighted by Crippen LogP contribution is -2.44. The van der Waals surface area contributed by atoms with E-state index in [4.69, 9.17) is 0 Å². The van der Waals surface area contributed by atoms with Gasteiger partial charge < -0.3 is 20.9 Å². The van der Waals surface area contributed by atoms with Crippen LogP contribution in [0.5, 0.6) is 0 Å². The van der Waals surface area contributed by atoms with Crippen molar-refractivity contribution < 1.29 is 4.39 Å². The van der Waals surface area contributed by atoms with E-state index in [1.54, 1.807) is 17.8 Å². The number of piperidine rings is 1. The van der Waals surface area contributed by atoms with Crippen molar-refractivity contribution in [1.82, 2.24) is 15.5 Å². The van der Waals surface area contributed by atoms with Gasteiger partial charge in [0.2, 0.25) is 0 Å². The van der Waals surface area contributed by atoms with E-state index in [2.05, 4.69) is 56.6 Å². The molecule has 0 amide bonds. The van der Waals surface area contributed by atoms with Gasteiger partial charge in [-0.1, -0.05) is 12.1 Å². The van der Waals surface area contributed by atoms with Crippen LogP contribution in [0.3, 0.4) is 0 Å². The van der Waals surface area contributed by atoms with Crippen molar-refractivity contribution in [2.24, 2.45) is 0 Å². The van der Waals surface area contributed by atoms with Crippen LogP contribution in [0.15, 0.2) is 53.0 Å². The Hall–Kier alpha value is -1.76. The smallest absolute Gasteiger partial charge is 0.102 e. The fraction of sp³-hybridized carbons (Fsp3) is 0.455. The van der Waals surface area contributed by atoms with Gasteiger partial charge in [0.1, 0.15) is 5.83 Å². The molecular weight excluding hydrogens is 371 g/mol. The van der Waals surface area contributed by atoms with E-state index in [0.717, 1.165) is 42.5 Å². The summed E-state index contributed by atoms with van der Waals surface area (Å²) in [6.45, 7) is 1.91. The molecule has 1 aliphatic heterocycles. The van der Waals surface area contributed by atoms with E-state index in [9.17, 15) is 4.39 Å². The zero-order valence-electron chi connectivity index (χ0n) is 16.8. The molecule has 3 N–H and O–H groups in total. The van der Waals surface area contributed by atoms with Crippen LogP contribution in [0.2, 0.25) is 0 Å². The van der Waals surface area contributed by atoms with Crippen molar-refractivity contribution in [3.63, 3.8) is 0 Å². The molecule has 152 valence electrons. The minimum atomic E-state index is -0.0216. The van der Waals surface area contributed by atoms with Crippen LogP contribution >= 0.6 is 11.8 Å². The Labute approximate surface area is 172 Å². The second-order valence-corrected chi connectivity index (χ2v) is 8.14. The topological polar surface area (TPSA) is 39.3 Å². The van der Waals surface area contributed by atoms with Crippen LogP contribution in [0, 0.1) is 0 Å². The number of halogens is 1. The van der Waals surface area contributed by atoms with E-state index >= 15 is 0 Å². The van der Waals surface area contributed by atoms with E-state index in [0.29, 0.717) is 18.9 Å². The van der Waals surface area contributed by atoms with Crippen molar-refractivity contribution in [2.75, 3.05) is 38.4 Å². The van der Waals surface area contributed by atoms with Gasteiger partial charge in [-0.15, -0.1) is 11.8 Å². The molecule has 1 atom stereocenters. The highest BCUT2D eigenvalue weighted by Crippen LogP contribution is 2.30. The minimum absolute atomic E-state index is 0.0216. The quantitative estimate of drug-likeness (QED) is 0.440. The number of nitrogens with one attached hydrogen (secondary N) is 3. The number of likely N-dealkylation sites (N-methyl/N-ethyl adjacent to an activating group) is 1. The number of likely N-dealkylation sites (tertiary alicyclic amines) is 1. The Morgan fingerprint density at radius 2 is 2.04 bits per heavy atom. The molecule has 6 heteroatoms. The molecule has 1 fully saturated rings. The number of anilines is 1. The van der Waals surface area contributed by atoms with Crippen molar-refractivity contribution in [3.8, 4) is 0 Å². The Morgan fingerprint density at radius 3 is 2.79 bits per heavy atom. The van der Waals surface area contributed by atoms with E-state index in [1.165, 1.54) is 12.0 Å². The lowest BCUT2D eigenvalue weighted by atomic mass is 10.0. The highest BCUT2D eigenvalue weighted by molar-refractivity contribution is 8.02. The van der Waals surface area contributed by atoms with Gasteiger partial charge in [0.15, 0.2) is 0 Å². The first kappa shape index (κ1) is 21.0. The molecule has 1 aliphatic carbocycles. The first-order chi connectivity index (χ1) is 13.7. The Bertz CT molecular complexity index is 727. The summed E-state index contributed by atoms with van der Waals surface area (Å²) in [7, 11) is 3.95. The largest absolute Gasteiger partial charge is 0.368 e. The number of benzene rings is 1. The van der Waals surface area contributed by atoms with E-state index in [-0.39, 0.29) is 5.83 Å². The second kappa shape index (κ2) is 10.7. The first-order valence-corrected chi connectivity index (χ1v) is 11.1. The summed E-state index contributed by atoms with van der Waals surface area (Å²) in [4.78, 5) is 2.32. The summed E-state index contributed by atoms with van der Waals surface area (Å²) >= 11 is 1.73. The number of thioether (sulfide) groups is 1. The molecule has 3 rings (SSSR count).